The molecule has 0 aromatic heterocycles. The van der Waals surface area contributed by atoms with E-state index in [-0.39, 0.29) is 21.9 Å². The number of carbonyl (C=O) groups excluding carboxylic acids is 1. The fourth-order valence-corrected chi connectivity index (χ4v) is 5.34. The van der Waals surface area contributed by atoms with Crippen LogP contribution in [0.2, 0.25) is 5.02 Å². The van der Waals surface area contributed by atoms with Crippen LogP contribution in [0.1, 0.15) is 29.3 Å². The van der Waals surface area contributed by atoms with Gasteiger partial charge in [-0.15, -0.1) is 0 Å². The Morgan fingerprint density at radius 2 is 1.77 bits per heavy atom. The van der Waals surface area contributed by atoms with Crippen molar-refractivity contribution in [3.63, 3.8) is 0 Å². The molecular weight excluding hydrogens is 422 g/mol. The predicted octanol–water partition coefficient (Wildman–Crippen LogP) is 3.03. The van der Waals surface area contributed by atoms with Gasteiger partial charge in [-0.25, -0.2) is 8.42 Å². The molecule has 2 aromatic carbocycles. The molecule has 1 atom stereocenters. The smallest absolute Gasteiger partial charge is 0.251 e. The number of piperazine rings is 1. The Bertz CT molecular complexity index is 974. The van der Waals surface area contributed by atoms with Gasteiger partial charge in [-0.3, -0.25) is 4.79 Å². The second-order valence-corrected chi connectivity index (χ2v) is 10.1. The molecule has 1 heterocycles. The molecule has 8 heteroatoms. The van der Waals surface area contributed by atoms with E-state index in [0.717, 1.165) is 12.8 Å². The molecule has 162 valence electrons. The van der Waals surface area contributed by atoms with E-state index in [0.29, 0.717) is 31.7 Å². The van der Waals surface area contributed by atoms with E-state index in [9.17, 15) is 13.2 Å². The number of hydrogen-bond acceptors (Lipinski definition) is 4. The van der Waals surface area contributed by atoms with Crippen molar-refractivity contribution in [3.8, 4) is 0 Å². The van der Waals surface area contributed by atoms with Crippen LogP contribution in [-0.2, 0) is 16.4 Å². The van der Waals surface area contributed by atoms with Crippen molar-refractivity contribution in [2.45, 2.75) is 30.7 Å². The Morgan fingerprint density at radius 3 is 2.43 bits per heavy atom. The minimum atomic E-state index is -3.75. The molecule has 1 N–H and O–H groups in total. The lowest BCUT2D eigenvalue weighted by molar-refractivity contribution is 0.0938. The largest absolute Gasteiger partial charge is 0.350 e. The van der Waals surface area contributed by atoms with Crippen molar-refractivity contribution in [2.24, 2.45) is 0 Å². The number of likely N-dealkylation sites (N-methyl/N-ethyl adjacent to an activating group) is 1. The molecule has 3 rings (SSSR count). The van der Waals surface area contributed by atoms with Crippen molar-refractivity contribution in [1.29, 1.82) is 0 Å². The molecule has 0 aliphatic carbocycles. The zero-order valence-corrected chi connectivity index (χ0v) is 18.9. The van der Waals surface area contributed by atoms with E-state index in [2.05, 4.69) is 22.3 Å². The van der Waals surface area contributed by atoms with Crippen molar-refractivity contribution in [2.75, 3.05) is 33.2 Å². The molecule has 0 unspecified atom stereocenters. The zero-order valence-electron chi connectivity index (χ0n) is 17.3. The van der Waals surface area contributed by atoms with Gasteiger partial charge in [0.05, 0.1) is 5.02 Å². The summed E-state index contributed by atoms with van der Waals surface area (Å²) in [6.07, 6.45) is 1.64. The van der Waals surface area contributed by atoms with Crippen LogP contribution in [0.25, 0.3) is 0 Å². The summed E-state index contributed by atoms with van der Waals surface area (Å²) in [5.41, 5.74) is 1.50. The van der Waals surface area contributed by atoms with Gasteiger partial charge in [0, 0.05) is 37.8 Å². The van der Waals surface area contributed by atoms with Crippen LogP contribution in [0, 0.1) is 0 Å². The SMILES string of the molecule is C[C@H](CCc1ccccc1)NC(=O)c1ccc(Cl)c(S(=O)(=O)N2CCN(C)CC2)c1. The molecular formula is C22H28ClN3O3S. The summed E-state index contributed by atoms with van der Waals surface area (Å²) in [6.45, 7) is 4.08. The van der Waals surface area contributed by atoms with Gasteiger partial charge in [-0.05, 0) is 50.6 Å². The number of benzene rings is 2. The van der Waals surface area contributed by atoms with E-state index >= 15 is 0 Å². The van der Waals surface area contributed by atoms with Crippen molar-refractivity contribution in [3.05, 3.63) is 64.7 Å². The summed E-state index contributed by atoms with van der Waals surface area (Å²) in [4.78, 5) is 14.8. The molecule has 0 bridgehead atoms. The molecule has 6 nitrogen and oxygen atoms in total. The number of amides is 1. The number of nitrogens with one attached hydrogen (secondary N) is 1. The highest BCUT2D eigenvalue weighted by atomic mass is 35.5. The molecule has 2 aromatic rings. The van der Waals surface area contributed by atoms with E-state index in [1.807, 2.05) is 32.2 Å². The number of rotatable bonds is 7. The average molecular weight is 450 g/mol. The third-order valence-corrected chi connectivity index (χ3v) is 7.74. The van der Waals surface area contributed by atoms with Crippen LogP contribution in [0.15, 0.2) is 53.4 Å². The zero-order chi connectivity index (χ0) is 21.7. The lowest BCUT2D eigenvalue weighted by atomic mass is 10.1. The van der Waals surface area contributed by atoms with Crippen LogP contribution in [0.3, 0.4) is 0 Å². The minimum Gasteiger partial charge on any atom is -0.350 e. The molecule has 30 heavy (non-hydrogen) atoms. The summed E-state index contributed by atoms with van der Waals surface area (Å²) in [7, 11) is -1.79. The van der Waals surface area contributed by atoms with Gasteiger partial charge in [0.2, 0.25) is 10.0 Å². The van der Waals surface area contributed by atoms with E-state index < -0.39 is 10.0 Å². The topological polar surface area (TPSA) is 69.7 Å². The maximum Gasteiger partial charge on any atom is 0.251 e. The number of sulfonamides is 1. The van der Waals surface area contributed by atoms with Gasteiger partial charge in [0.1, 0.15) is 4.90 Å². The first-order valence-electron chi connectivity index (χ1n) is 10.1. The fourth-order valence-electron chi connectivity index (χ4n) is 3.42. The molecule has 0 spiro atoms. The number of hydrogen-bond donors (Lipinski definition) is 1. The maximum absolute atomic E-state index is 13.1. The Labute approximate surface area is 183 Å². The molecule has 0 saturated carbocycles. The highest BCUT2D eigenvalue weighted by Gasteiger charge is 2.30. The lowest BCUT2D eigenvalue weighted by Crippen LogP contribution is -2.47. The molecule has 1 fully saturated rings. The molecule has 1 aliphatic rings. The van der Waals surface area contributed by atoms with Crippen LogP contribution >= 0.6 is 11.6 Å². The second kappa shape index (κ2) is 9.92. The fraction of sp³-hybridized carbons (Fsp3) is 0.409. The summed E-state index contributed by atoms with van der Waals surface area (Å²) in [5.74, 6) is -0.304. The van der Waals surface area contributed by atoms with Gasteiger partial charge in [-0.2, -0.15) is 4.31 Å². The first-order valence-corrected chi connectivity index (χ1v) is 11.9. The minimum absolute atomic E-state index is 0.0155. The summed E-state index contributed by atoms with van der Waals surface area (Å²) < 4.78 is 27.6. The van der Waals surface area contributed by atoms with Gasteiger partial charge < -0.3 is 10.2 Å². The van der Waals surface area contributed by atoms with Crippen LogP contribution in [0.5, 0.6) is 0 Å². The van der Waals surface area contributed by atoms with Crippen LogP contribution in [0.4, 0.5) is 0 Å². The maximum atomic E-state index is 13.1. The summed E-state index contributed by atoms with van der Waals surface area (Å²) >= 11 is 6.21. The van der Waals surface area contributed by atoms with Gasteiger partial charge in [0.15, 0.2) is 0 Å². The van der Waals surface area contributed by atoms with Crippen LogP contribution < -0.4 is 5.32 Å². The Morgan fingerprint density at radius 1 is 1.10 bits per heavy atom. The average Bonchev–Trinajstić information content (AvgIpc) is 2.73. The van der Waals surface area contributed by atoms with Crippen molar-refractivity contribution in [1.82, 2.24) is 14.5 Å². The number of halogens is 1. The number of aryl methyl sites for hydroxylation is 1. The van der Waals surface area contributed by atoms with Gasteiger partial charge in [-0.1, -0.05) is 41.9 Å². The molecule has 1 amide bonds. The van der Waals surface area contributed by atoms with E-state index in [4.69, 9.17) is 11.6 Å². The van der Waals surface area contributed by atoms with Crippen LogP contribution in [-0.4, -0.2) is 62.8 Å². The Hall–Kier alpha value is -1.93. The van der Waals surface area contributed by atoms with Crippen molar-refractivity contribution < 1.29 is 13.2 Å². The number of carbonyl (C=O) groups is 1. The van der Waals surface area contributed by atoms with Gasteiger partial charge in [0.25, 0.3) is 5.91 Å². The molecule has 1 saturated heterocycles. The molecule has 1 aliphatic heterocycles. The normalized spacial score (nSPS) is 16.9. The monoisotopic (exact) mass is 449 g/mol. The van der Waals surface area contributed by atoms with E-state index in [1.165, 1.54) is 22.0 Å². The third kappa shape index (κ3) is 5.60. The highest BCUT2D eigenvalue weighted by Crippen LogP contribution is 2.26. The Balaban J connectivity index is 1.68. The highest BCUT2D eigenvalue weighted by molar-refractivity contribution is 7.89. The quantitative estimate of drug-likeness (QED) is 0.705. The summed E-state index contributed by atoms with van der Waals surface area (Å²) in [6, 6.07) is 14.5. The standard InChI is InChI=1S/C22H28ClN3O3S/c1-17(8-9-18-6-4-3-5-7-18)24-22(27)19-10-11-20(23)21(16-19)30(28,29)26-14-12-25(2)13-15-26/h3-7,10-11,16-17H,8-9,12-15H2,1-2H3,(H,24,27)/t17-/m1/s1. The van der Waals surface area contributed by atoms with Gasteiger partial charge >= 0.3 is 0 Å². The molecule has 0 radical (unpaired) electrons. The predicted molar refractivity (Wildman–Crippen MR) is 119 cm³/mol. The Kier molecular flexibility index (Phi) is 7.52. The third-order valence-electron chi connectivity index (χ3n) is 5.36. The first-order chi connectivity index (χ1) is 14.3. The second-order valence-electron chi connectivity index (χ2n) is 7.75. The summed E-state index contributed by atoms with van der Waals surface area (Å²) in [5, 5.41) is 3.08. The first kappa shape index (κ1) is 22.7. The number of nitrogens with zero attached hydrogens (tertiary/aromatic N) is 2. The lowest BCUT2D eigenvalue weighted by Gasteiger charge is -2.31. The van der Waals surface area contributed by atoms with E-state index in [1.54, 1.807) is 6.07 Å². The van der Waals surface area contributed by atoms with Crippen molar-refractivity contribution >= 4 is 27.5 Å².